The van der Waals surface area contributed by atoms with Gasteiger partial charge in [0.15, 0.2) is 9.84 Å². The number of para-hydroxylation sites is 2. The lowest BCUT2D eigenvalue weighted by atomic mass is 9.92. The van der Waals surface area contributed by atoms with Gasteiger partial charge in [0.05, 0.1) is 24.7 Å². The number of nitrogens with zero attached hydrogens (tertiary/aromatic N) is 2. The van der Waals surface area contributed by atoms with Gasteiger partial charge in [0.25, 0.3) is 5.91 Å². The number of imide groups is 1. The quantitative estimate of drug-likeness (QED) is 0.598. The molecule has 2 aromatic rings. The average Bonchev–Trinajstić information content (AvgIpc) is 3.26. The second kappa shape index (κ2) is 9.09. The van der Waals surface area contributed by atoms with E-state index < -0.39 is 45.8 Å². The van der Waals surface area contributed by atoms with Gasteiger partial charge in [0.2, 0.25) is 5.91 Å². The normalized spacial score (nSPS) is 23.6. The van der Waals surface area contributed by atoms with Crippen molar-refractivity contribution >= 4 is 33.4 Å². The average molecular weight is 486 g/mol. The summed E-state index contributed by atoms with van der Waals surface area (Å²) in [6.45, 7) is 1.13. The number of hydrogen-bond donors (Lipinski definition) is 1. The molecule has 2 aliphatic rings. The van der Waals surface area contributed by atoms with Gasteiger partial charge in [-0.3, -0.25) is 14.5 Å². The zero-order chi connectivity index (χ0) is 24.5. The maximum Gasteiger partial charge on any atom is 0.325 e. The lowest BCUT2D eigenvalue weighted by Gasteiger charge is -2.30. The van der Waals surface area contributed by atoms with E-state index in [1.54, 1.807) is 43.3 Å². The van der Waals surface area contributed by atoms with Crippen molar-refractivity contribution in [1.29, 1.82) is 0 Å². The van der Waals surface area contributed by atoms with Crippen molar-refractivity contribution in [2.45, 2.75) is 31.3 Å². The molecule has 0 aromatic heterocycles. The number of benzene rings is 2. The molecule has 1 N–H and O–H groups in total. The molecular formula is C24H27N3O6S. The fourth-order valence-corrected chi connectivity index (χ4v) is 6.28. The molecule has 4 amide bonds. The van der Waals surface area contributed by atoms with E-state index in [2.05, 4.69) is 5.32 Å². The fraction of sp³-hybridized carbons (Fsp3) is 0.375. The molecule has 0 unspecified atom stereocenters. The number of hydrogen-bond acceptors (Lipinski definition) is 6. The molecule has 4 rings (SSSR count). The van der Waals surface area contributed by atoms with E-state index in [0.717, 1.165) is 10.5 Å². The molecule has 0 aliphatic carbocycles. The molecule has 0 radical (unpaired) electrons. The highest BCUT2D eigenvalue weighted by Gasteiger charge is 2.49. The summed E-state index contributed by atoms with van der Waals surface area (Å²) in [7, 11) is -1.73. The van der Waals surface area contributed by atoms with E-state index in [-0.39, 0.29) is 17.9 Å². The summed E-state index contributed by atoms with van der Waals surface area (Å²) in [6, 6.07) is 14.7. The molecule has 2 saturated heterocycles. The monoisotopic (exact) mass is 485 g/mol. The van der Waals surface area contributed by atoms with Crippen LogP contribution in [-0.2, 0) is 25.8 Å². The van der Waals surface area contributed by atoms with Crippen molar-refractivity contribution in [2.75, 3.05) is 30.1 Å². The van der Waals surface area contributed by atoms with E-state index in [4.69, 9.17) is 4.74 Å². The highest BCUT2D eigenvalue weighted by Crippen LogP contribution is 2.29. The molecule has 180 valence electrons. The van der Waals surface area contributed by atoms with Crippen LogP contribution in [-0.4, -0.2) is 67.9 Å². The van der Waals surface area contributed by atoms with Crippen LogP contribution in [0.1, 0.15) is 18.9 Å². The molecule has 0 bridgehead atoms. The zero-order valence-corrected chi connectivity index (χ0v) is 19.9. The second-order valence-electron chi connectivity index (χ2n) is 8.80. The van der Waals surface area contributed by atoms with Crippen LogP contribution in [0.25, 0.3) is 0 Å². The number of sulfone groups is 1. The van der Waals surface area contributed by atoms with E-state index in [1.165, 1.54) is 12.0 Å². The van der Waals surface area contributed by atoms with Gasteiger partial charge in [-0.25, -0.2) is 13.2 Å². The number of carbonyl (C=O) groups is 3. The Balaban J connectivity index is 1.56. The Labute approximate surface area is 198 Å². The topological polar surface area (TPSA) is 113 Å². The standard InChI is InChI=1S/C24H27N3O6S/c1-24(14-17-8-6-7-11-20(17)33-2)22(29)26(23(30)25-24)15-21(28)27(18-9-4-3-5-10-18)19-12-13-34(31,32)16-19/h3-11,19H,12-16H2,1-2H3,(H,25,30)/t19-,24+/m0/s1. The Kier molecular flexibility index (Phi) is 6.35. The number of amides is 4. The summed E-state index contributed by atoms with van der Waals surface area (Å²) in [6.07, 6.45) is 0.490. The Bertz CT molecular complexity index is 1220. The predicted octanol–water partition coefficient (Wildman–Crippen LogP) is 1.77. The SMILES string of the molecule is COc1ccccc1C[C@@]1(C)NC(=O)N(CC(=O)N(c2ccccc2)[C@H]2CCS(=O)(=O)C2)C1=O. The smallest absolute Gasteiger partial charge is 0.325 e. The second-order valence-corrected chi connectivity index (χ2v) is 11.0. The molecule has 2 atom stereocenters. The molecule has 2 fully saturated rings. The van der Waals surface area contributed by atoms with Gasteiger partial charge in [0.1, 0.15) is 17.8 Å². The van der Waals surface area contributed by atoms with Crippen molar-refractivity contribution < 1.29 is 27.5 Å². The van der Waals surface area contributed by atoms with Crippen LogP contribution in [0, 0.1) is 0 Å². The molecule has 34 heavy (non-hydrogen) atoms. The number of urea groups is 1. The number of anilines is 1. The molecule has 0 spiro atoms. The summed E-state index contributed by atoms with van der Waals surface area (Å²) in [5.74, 6) is -0.603. The van der Waals surface area contributed by atoms with Gasteiger partial charge in [0, 0.05) is 12.1 Å². The summed E-state index contributed by atoms with van der Waals surface area (Å²) in [5.41, 5.74) is 0.0233. The van der Waals surface area contributed by atoms with Crippen LogP contribution in [0.2, 0.25) is 0 Å². The van der Waals surface area contributed by atoms with Gasteiger partial charge in [-0.1, -0.05) is 36.4 Å². The Morgan fingerprint density at radius 3 is 2.47 bits per heavy atom. The van der Waals surface area contributed by atoms with Crippen LogP contribution in [0.4, 0.5) is 10.5 Å². The number of methoxy groups -OCH3 is 1. The van der Waals surface area contributed by atoms with Gasteiger partial charge in [-0.2, -0.15) is 0 Å². The molecule has 9 nitrogen and oxygen atoms in total. The van der Waals surface area contributed by atoms with Crippen molar-refractivity contribution in [3.05, 3.63) is 60.2 Å². The first-order valence-electron chi connectivity index (χ1n) is 11.0. The minimum absolute atomic E-state index is 0.00556. The Morgan fingerprint density at radius 2 is 1.82 bits per heavy atom. The summed E-state index contributed by atoms with van der Waals surface area (Å²) in [4.78, 5) is 41.8. The maximum atomic E-state index is 13.4. The Morgan fingerprint density at radius 1 is 1.15 bits per heavy atom. The van der Waals surface area contributed by atoms with Gasteiger partial charge in [-0.15, -0.1) is 0 Å². The minimum atomic E-state index is -3.26. The third kappa shape index (κ3) is 4.63. The van der Waals surface area contributed by atoms with Crippen LogP contribution >= 0.6 is 0 Å². The highest BCUT2D eigenvalue weighted by molar-refractivity contribution is 7.91. The highest BCUT2D eigenvalue weighted by atomic mass is 32.2. The molecule has 10 heteroatoms. The predicted molar refractivity (Wildman–Crippen MR) is 126 cm³/mol. The van der Waals surface area contributed by atoms with E-state index in [0.29, 0.717) is 17.9 Å². The lowest BCUT2D eigenvalue weighted by Crippen LogP contribution is -2.49. The maximum absolute atomic E-state index is 13.4. The summed E-state index contributed by atoms with van der Waals surface area (Å²) >= 11 is 0. The third-order valence-electron chi connectivity index (χ3n) is 6.25. The number of carbonyl (C=O) groups excluding carboxylic acids is 3. The fourth-order valence-electron chi connectivity index (χ4n) is 4.58. The zero-order valence-electron chi connectivity index (χ0n) is 19.1. The first-order valence-corrected chi connectivity index (χ1v) is 12.8. The number of rotatable bonds is 7. The summed E-state index contributed by atoms with van der Waals surface area (Å²) in [5, 5.41) is 2.71. The van der Waals surface area contributed by atoms with Crippen LogP contribution < -0.4 is 15.0 Å². The third-order valence-corrected chi connectivity index (χ3v) is 8.00. The first-order chi connectivity index (χ1) is 16.1. The first kappa shape index (κ1) is 23.7. The van der Waals surface area contributed by atoms with E-state index in [9.17, 15) is 22.8 Å². The van der Waals surface area contributed by atoms with Crippen molar-refractivity contribution in [3.63, 3.8) is 0 Å². The van der Waals surface area contributed by atoms with Crippen molar-refractivity contribution in [3.8, 4) is 5.75 Å². The number of nitrogens with one attached hydrogen (secondary N) is 1. The number of ether oxygens (including phenoxy) is 1. The molecule has 0 saturated carbocycles. The van der Waals surface area contributed by atoms with Crippen LogP contribution in [0.3, 0.4) is 0 Å². The molecule has 2 heterocycles. The van der Waals surface area contributed by atoms with Gasteiger partial charge in [-0.05, 0) is 37.1 Å². The molecular weight excluding hydrogens is 458 g/mol. The van der Waals surface area contributed by atoms with Crippen molar-refractivity contribution in [2.24, 2.45) is 0 Å². The summed E-state index contributed by atoms with van der Waals surface area (Å²) < 4.78 is 29.5. The largest absolute Gasteiger partial charge is 0.496 e. The van der Waals surface area contributed by atoms with Gasteiger partial charge < -0.3 is 15.0 Å². The van der Waals surface area contributed by atoms with E-state index >= 15 is 0 Å². The molecule has 2 aliphatic heterocycles. The van der Waals surface area contributed by atoms with Crippen LogP contribution in [0.5, 0.6) is 5.75 Å². The van der Waals surface area contributed by atoms with Crippen LogP contribution in [0.15, 0.2) is 54.6 Å². The van der Waals surface area contributed by atoms with Crippen molar-refractivity contribution in [1.82, 2.24) is 10.2 Å². The Hall–Kier alpha value is -3.40. The lowest BCUT2D eigenvalue weighted by molar-refractivity contribution is -0.134. The molecule has 2 aromatic carbocycles. The minimum Gasteiger partial charge on any atom is -0.496 e. The van der Waals surface area contributed by atoms with Gasteiger partial charge >= 0.3 is 6.03 Å². The van der Waals surface area contributed by atoms with E-state index in [1.807, 2.05) is 18.2 Å².